The molecular formula is C30H32Cl2N6O6. The average Bonchev–Trinajstić information content (AvgIpc) is 3.55. The van der Waals surface area contributed by atoms with Gasteiger partial charge in [0.05, 0.1) is 25.0 Å². The number of H-pyrrole nitrogens is 1. The van der Waals surface area contributed by atoms with Crippen LogP contribution in [0.5, 0.6) is 0 Å². The van der Waals surface area contributed by atoms with Crippen molar-refractivity contribution in [1.82, 2.24) is 14.9 Å². The zero-order valence-corrected chi connectivity index (χ0v) is 25.7. The number of aromatic amines is 1. The van der Waals surface area contributed by atoms with Gasteiger partial charge in [-0.05, 0) is 56.2 Å². The Hall–Kier alpha value is -4.29. The van der Waals surface area contributed by atoms with E-state index in [4.69, 9.17) is 27.9 Å². The fraction of sp³-hybridized carbons (Fsp3) is 0.367. The number of methoxy groups -OCH3 is 1. The molecule has 12 nitrogen and oxygen atoms in total. The minimum atomic E-state index is -0.919. The second-order valence-corrected chi connectivity index (χ2v) is 11.5. The largest absolute Gasteiger partial charge is 0.453 e. The fourth-order valence-electron chi connectivity index (χ4n) is 5.52. The normalized spacial score (nSPS) is 17.1. The van der Waals surface area contributed by atoms with Crippen molar-refractivity contribution in [3.63, 3.8) is 0 Å². The second kappa shape index (κ2) is 13.1. The molecule has 0 radical (unpaired) electrons. The predicted molar refractivity (Wildman–Crippen MR) is 166 cm³/mol. The number of nitrogens with one attached hydrogen (secondary N) is 4. The van der Waals surface area contributed by atoms with Crippen LogP contribution in [0.3, 0.4) is 0 Å². The van der Waals surface area contributed by atoms with Gasteiger partial charge in [-0.25, -0.2) is 14.6 Å². The number of aryl methyl sites for hydroxylation is 1. The molecule has 0 aliphatic carbocycles. The minimum Gasteiger partial charge on any atom is -0.453 e. The van der Waals surface area contributed by atoms with Gasteiger partial charge in [0.1, 0.15) is 16.7 Å². The predicted octanol–water partition coefficient (Wildman–Crippen LogP) is 6.45. The van der Waals surface area contributed by atoms with Crippen LogP contribution in [0, 0.1) is 6.92 Å². The maximum atomic E-state index is 13.0. The molecule has 5 rings (SSSR count). The van der Waals surface area contributed by atoms with Crippen molar-refractivity contribution in [1.29, 1.82) is 0 Å². The summed E-state index contributed by atoms with van der Waals surface area (Å²) >= 11 is 12.5. The van der Waals surface area contributed by atoms with Crippen LogP contribution >= 0.6 is 23.2 Å². The number of likely N-dealkylation sites (tertiary alicyclic amines) is 1. The Morgan fingerprint density at radius 2 is 1.89 bits per heavy atom. The zero-order valence-electron chi connectivity index (χ0n) is 24.2. The number of halogens is 2. The van der Waals surface area contributed by atoms with Crippen LogP contribution in [0.4, 0.5) is 26.7 Å². The third-order valence-electron chi connectivity index (χ3n) is 7.63. The number of benzene rings is 2. The lowest BCUT2D eigenvalue weighted by Crippen LogP contribution is -2.42. The van der Waals surface area contributed by atoms with Crippen LogP contribution < -0.4 is 16.0 Å². The molecular weight excluding hydrogens is 611 g/mol. The number of carbonyl (C=O) groups excluding carboxylic acids is 4. The van der Waals surface area contributed by atoms with Crippen molar-refractivity contribution in [2.75, 3.05) is 36.1 Å². The van der Waals surface area contributed by atoms with Crippen LogP contribution in [-0.2, 0) is 24.7 Å². The Morgan fingerprint density at radius 1 is 1.09 bits per heavy atom. The summed E-state index contributed by atoms with van der Waals surface area (Å²) in [7, 11) is 1.26. The molecule has 0 bridgehead atoms. The zero-order chi connectivity index (χ0) is 31.4. The number of amides is 4. The summed E-state index contributed by atoms with van der Waals surface area (Å²) in [4.78, 5) is 58.9. The van der Waals surface area contributed by atoms with Gasteiger partial charge in [-0.1, -0.05) is 29.6 Å². The minimum absolute atomic E-state index is 0.0322. The van der Waals surface area contributed by atoms with Crippen molar-refractivity contribution >= 4 is 64.3 Å². The molecule has 0 unspecified atom stereocenters. The van der Waals surface area contributed by atoms with Gasteiger partial charge in [0.15, 0.2) is 5.60 Å². The van der Waals surface area contributed by atoms with Crippen molar-refractivity contribution in [2.24, 2.45) is 0 Å². The molecule has 1 spiro atoms. The second-order valence-electron chi connectivity index (χ2n) is 10.7. The van der Waals surface area contributed by atoms with Gasteiger partial charge in [-0.2, -0.15) is 0 Å². The topological polar surface area (TPSA) is 155 Å². The van der Waals surface area contributed by atoms with E-state index in [1.54, 1.807) is 48.2 Å². The molecule has 1 saturated heterocycles. The molecule has 1 atom stereocenters. The van der Waals surface area contributed by atoms with Crippen LogP contribution in [0.15, 0.2) is 36.4 Å². The Morgan fingerprint density at radius 3 is 2.64 bits per heavy atom. The highest BCUT2D eigenvalue weighted by Gasteiger charge is 2.48. The van der Waals surface area contributed by atoms with Crippen molar-refractivity contribution in [3.8, 4) is 11.3 Å². The maximum absolute atomic E-state index is 13.0. The number of aromatic nitrogens is 2. The van der Waals surface area contributed by atoms with Crippen LogP contribution in [0.2, 0.25) is 10.2 Å². The Balaban J connectivity index is 1.13. The van der Waals surface area contributed by atoms with Crippen molar-refractivity contribution in [2.45, 2.75) is 51.0 Å². The van der Waals surface area contributed by atoms with E-state index in [9.17, 15) is 19.2 Å². The molecule has 44 heavy (non-hydrogen) atoms. The van der Waals surface area contributed by atoms with Gasteiger partial charge in [0.25, 0.3) is 0 Å². The molecule has 3 heterocycles. The first-order valence-corrected chi connectivity index (χ1v) is 14.9. The lowest BCUT2D eigenvalue weighted by atomic mass is 9.90. The first-order valence-electron chi connectivity index (χ1n) is 14.2. The molecule has 3 aromatic rings. The van der Waals surface area contributed by atoms with E-state index >= 15 is 0 Å². The van der Waals surface area contributed by atoms with Gasteiger partial charge < -0.3 is 24.7 Å². The number of hydrogen-bond donors (Lipinski definition) is 4. The number of rotatable bonds is 9. The Labute approximate surface area is 263 Å². The third-order valence-corrected chi connectivity index (χ3v) is 8.14. The summed E-state index contributed by atoms with van der Waals surface area (Å²) in [6.07, 6.45) is 1.66. The van der Waals surface area contributed by atoms with E-state index in [0.717, 1.165) is 5.56 Å². The summed E-state index contributed by atoms with van der Waals surface area (Å²) in [6, 6.07) is 10.2. The highest BCUT2D eigenvalue weighted by Crippen LogP contribution is 2.44. The molecule has 1 fully saturated rings. The van der Waals surface area contributed by atoms with Gasteiger partial charge in [0, 0.05) is 47.6 Å². The van der Waals surface area contributed by atoms with Crippen molar-refractivity contribution in [3.05, 3.63) is 58.0 Å². The molecule has 14 heteroatoms. The fourth-order valence-corrected chi connectivity index (χ4v) is 5.97. The lowest BCUT2D eigenvalue weighted by molar-refractivity contribution is -0.131. The first-order chi connectivity index (χ1) is 21.1. The van der Waals surface area contributed by atoms with Crippen LogP contribution in [0.25, 0.3) is 11.3 Å². The highest BCUT2D eigenvalue weighted by molar-refractivity contribution is 6.32. The molecule has 232 valence electrons. The number of nitrogens with zero attached hydrogens (tertiary/aromatic N) is 2. The van der Waals surface area contributed by atoms with Gasteiger partial charge in [-0.3, -0.25) is 20.2 Å². The van der Waals surface area contributed by atoms with Gasteiger partial charge >= 0.3 is 12.2 Å². The average molecular weight is 644 g/mol. The first kappa shape index (κ1) is 31.1. The molecule has 0 saturated carbocycles. The molecule has 2 aromatic carbocycles. The van der Waals surface area contributed by atoms with Gasteiger partial charge in [-0.15, -0.1) is 0 Å². The summed E-state index contributed by atoms with van der Waals surface area (Å²) < 4.78 is 10.4. The van der Waals surface area contributed by atoms with Crippen LogP contribution in [-0.4, -0.2) is 59.1 Å². The standard InChI is InChI=1S/C30H32Cl2N6O6/c1-17-33-26(27(32)34-17)20-10-9-19(35-28(41)43-2)15-23(20)36-24(39)6-4-3-5-7-25(40)38-13-12-30(16-38)21-14-18(31)8-11-22(21)37-29(42)44-30/h8-11,14-15H,3-7,12-13,16H2,1-2H3,(H,33,34)(H,35,41)(H,36,39)(H,37,42)/t30-/m0/s1. The van der Waals surface area contributed by atoms with Crippen molar-refractivity contribution < 1.29 is 28.7 Å². The van der Waals surface area contributed by atoms with E-state index in [1.807, 2.05) is 0 Å². The summed E-state index contributed by atoms with van der Waals surface area (Å²) in [5.74, 6) is 0.349. The van der Waals surface area contributed by atoms with E-state index in [1.165, 1.54) is 7.11 Å². The molecule has 4 amide bonds. The van der Waals surface area contributed by atoms with E-state index in [0.29, 0.717) is 83.0 Å². The molecule has 4 N–H and O–H groups in total. The number of anilines is 3. The maximum Gasteiger partial charge on any atom is 0.412 e. The number of unbranched alkanes of at least 4 members (excludes halogenated alkanes) is 2. The molecule has 1 aromatic heterocycles. The van der Waals surface area contributed by atoms with E-state index in [-0.39, 0.29) is 24.8 Å². The van der Waals surface area contributed by atoms with E-state index < -0.39 is 17.8 Å². The SMILES string of the molecule is COC(=O)Nc1ccc(-c2nc(C)[nH]c2Cl)c(NC(=O)CCCCCC(=O)N2CC[C@@]3(C2)OC(=O)Nc2ccc(Cl)cc23)c1. The number of hydrogen-bond acceptors (Lipinski definition) is 7. The van der Waals surface area contributed by atoms with Crippen LogP contribution in [0.1, 0.15) is 49.9 Å². The van der Waals surface area contributed by atoms with E-state index in [2.05, 4.69) is 30.7 Å². The quantitative estimate of drug-likeness (QED) is 0.195. The smallest absolute Gasteiger partial charge is 0.412 e. The number of fused-ring (bicyclic) bond motifs is 2. The molecule has 2 aliphatic rings. The summed E-state index contributed by atoms with van der Waals surface area (Å²) in [6.45, 7) is 2.50. The molecule has 2 aliphatic heterocycles. The number of imidazole rings is 1. The summed E-state index contributed by atoms with van der Waals surface area (Å²) in [5.41, 5.74) is 2.39. The number of ether oxygens (including phenoxy) is 2. The Bertz CT molecular complexity index is 1610. The number of carbonyl (C=O) groups is 4. The third kappa shape index (κ3) is 6.92. The van der Waals surface area contributed by atoms with Gasteiger partial charge in [0.2, 0.25) is 11.8 Å². The monoisotopic (exact) mass is 642 g/mol. The summed E-state index contributed by atoms with van der Waals surface area (Å²) in [5, 5.41) is 9.02. The highest BCUT2D eigenvalue weighted by atomic mass is 35.5. The lowest BCUT2D eigenvalue weighted by Gasteiger charge is -2.35. The Kier molecular flexibility index (Phi) is 9.31.